The Kier molecular flexibility index (Phi) is 9.31. The molecule has 0 spiro atoms. The first kappa shape index (κ1) is 18.1. The molecule has 0 amide bonds. The van der Waals surface area contributed by atoms with Crippen LogP contribution in [0.2, 0.25) is 0 Å². The van der Waals surface area contributed by atoms with Crippen molar-refractivity contribution in [2.75, 3.05) is 6.61 Å². The van der Waals surface area contributed by atoms with Gasteiger partial charge in [-0.25, -0.2) is 4.68 Å². The second kappa shape index (κ2) is 10.8. The fourth-order valence-corrected chi connectivity index (χ4v) is 2.47. The van der Waals surface area contributed by atoms with Gasteiger partial charge in [0.1, 0.15) is 5.69 Å². The summed E-state index contributed by atoms with van der Waals surface area (Å²) in [6, 6.07) is 0.360. The van der Waals surface area contributed by atoms with Crippen LogP contribution in [0.4, 0.5) is 0 Å². The lowest BCUT2D eigenvalue weighted by atomic mass is 9.95. The van der Waals surface area contributed by atoms with Crippen LogP contribution < -0.4 is 0 Å². The van der Waals surface area contributed by atoms with Crippen LogP contribution in [0.1, 0.15) is 84.4 Å². The van der Waals surface area contributed by atoms with E-state index in [2.05, 4.69) is 38.0 Å². The number of unbranched alkanes of at least 4 members (excludes halogenated alkanes) is 3. The van der Waals surface area contributed by atoms with Gasteiger partial charge in [0.05, 0.1) is 12.8 Å². The predicted octanol–water partition coefficient (Wildman–Crippen LogP) is 4.76. The summed E-state index contributed by atoms with van der Waals surface area (Å²) in [7, 11) is 0. The first-order valence-corrected chi connectivity index (χ1v) is 8.65. The van der Waals surface area contributed by atoms with Crippen molar-refractivity contribution in [1.82, 2.24) is 15.0 Å². The Bertz CT molecular complexity index is 363. The van der Waals surface area contributed by atoms with Crippen molar-refractivity contribution in [3.05, 3.63) is 11.9 Å². The number of rotatable bonds is 12. The second-order valence-corrected chi connectivity index (χ2v) is 6.25. The molecule has 0 N–H and O–H groups in total. The standard InChI is InChI=1S/C17H33N3O/c1-5-7-8-9-10-16(6-2)11-12-21-14-17-13-20(15(3)4)19-18-17/h13,15-16H,5-12,14H2,1-4H3. The Balaban J connectivity index is 2.13. The largest absolute Gasteiger partial charge is 0.375 e. The van der Waals surface area contributed by atoms with Crippen LogP contribution in [0, 0.1) is 5.92 Å². The summed E-state index contributed by atoms with van der Waals surface area (Å²) in [6.07, 6.45) is 11.2. The molecule has 4 heteroatoms. The van der Waals surface area contributed by atoms with Crippen LogP contribution in [-0.4, -0.2) is 21.6 Å². The van der Waals surface area contributed by atoms with Crippen LogP contribution in [-0.2, 0) is 11.3 Å². The van der Waals surface area contributed by atoms with Gasteiger partial charge in [-0.3, -0.25) is 0 Å². The number of aromatic nitrogens is 3. The second-order valence-electron chi connectivity index (χ2n) is 6.25. The molecule has 1 aromatic rings. The van der Waals surface area contributed by atoms with Gasteiger partial charge in [-0.15, -0.1) is 5.10 Å². The van der Waals surface area contributed by atoms with E-state index in [1.165, 1.54) is 44.9 Å². The minimum absolute atomic E-state index is 0.360. The molecule has 0 aliphatic rings. The van der Waals surface area contributed by atoms with Crippen molar-refractivity contribution >= 4 is 0 Å². The molecule has 0 fully saturated rings. The Hall–Kier alpha value is -0.900. The highest BCUT2D eigenvalue weighted by atomic mass is 16.5. The highest BCUT2D eigenvalue weighted by Gasteiger charge is 2.07. The van der Waals surface area contributed by atoms with Crippen LogP contribution in [0.3, 0.4) is 0 Å². The van der Waals surface area contributed by atoms with Gasteiger partial charge >= 0.3 is 0 Å². The molecule has 1 atom stereocenters. The maximum absolute atomic E-state index is 5.76. The fraction of sp³-hybridized carbons (Fsp3) is 0.882. The van der Waals surface area contributed by atoms with Crippen molar-refractivity contribution in [3.8, 4) is 0 Å². The molecule has 0 aliphatic heterocycles. The van der Waals surface area contributed by atoms with Crippen LogP contribution in [0.25, 0.3) is 0 Å². The molecule has 1 aromatic heterocycles. The number of nitrogens with zero attached hydrogens (tertiary/aromatic N) is 3. The van der Waals surface area contributed by atoms with Gasteiger partial charge in [-0.1, -0.05) is 57.6 Å². The van der Waals surface area contributed by atoms with Gasteiger partial charge in [0.2, 0.25) is 0 Å². The van der Waals surface area contributed by atoms with Crippen LogP contribution in [0.15, 0.2) is 6.20 Å². The van der Waals surface area contributed by atoms with E-state index in [0.29, 0.717) is 12.6 Å². The SMILES string of the molecule is CCCCCCC(CC)CCOCc1cn(C(C)C)nn1. The molecule has 0 aliphatic carbocycles. The van der Waals surface area contributed by atoms with E-state index in [4.69, 9.17) is 4.74 Å². The molecule has 0 saturated carbocycles. The lowest BCUT2D eigenvalue weighted by Crippen LogP contribution is -2.05. The average Bonchev–Trinajstić information content (AvgIpc) is 2.94. The smallest absolute Gasteiger partial charge is 0.108 e. The third-order valence-corrected chi connectivity index (χ3v) is 4.05. The van der Waals surface area contributed by atoms with Crippen molar-refractivity contribution < 1.29 is 4.74 Å². The minimum Gasteiger partial charge on any atom is -0.375 e. The normalized spacial score (nSPS) is 13.0. The van der Waals surface area contributed by atoms with E-state index in [1.807, 2.05) is 10.9 Å². The molecule has 1 heterocycles. The zero-order valence-corrected chi connectivity index (χ0v) is 14.3. The van der Waals surface area contributed by atoms with Crippen molar-refractivity contribution in [1.29, 1.82) is 0 Å². The maximum Gasteiger partial charge on any atom is 0.108 e. The molecule has 4 nitrogen and oxygen atoms in total. The number of hydrogen-bond donors (Lipinski definition) is 0. The number of ether oxygens (including phenoxy) is 1. The summed E-state index contributed by atoms with van der Waals surface area (Å²) in [6.45, 7) is 10.2. The van der Waals surface area contributed by atoms with E-state index >= 15 is 0 Å². The van der Waals surface area contributed by atoms with Gasteiger partial charge in [0.15, 0.2) is 0 Å². The van der Waals surface area contributed by atoms with E-state index in [-0.39, 0.29) is 0 Å². The summed E-state index contributed by atoms with van der Waals surface area (Å²) in [5.74, 6) is 0.813. The summed E-state index contributed by atoms with van der Waals surface area (Å²) >= 11 is 0. The first-order valence-electron chi connectivity index (χ1n) is 8.65. The maximum atomic E-state index is 5.76. The van der Waals surface area contributed by atoms with Gasteiger partial charge in [-0.05, 0) is 26.2 Å². The molecule has 0 saturated heterocycles. The zero-order chi connectivity index (χ0) is 15.5. The van der Waals surface area contributed by atoms with Crippen LogP contribution >= 0.6 is 0 Å². The average molecular weight is 295 g/mol. The van der Waals surface area contributed by atoms with Crippen molar-refractivity contribution in [2.24, 2.45) is 5.92 Å². The lowest BCUT2D eigenvalue weighted by Gasteiger charge is -2.14. The van der Waals surface area contributed by atoms with Gasteiger partial charge in [-0.2, -0.15) is 0 Å². The summed E-state index contributed by atoms with van der Waals surface area (Å²) in [5, 5.41) is 8.22. The lowest BCUT2D eigenvalue weighted by molar-refractivity contribution is 0.103. The van der Waals surface area contributed by atoms with Gasteiger partial charge in [0, 0.05) is 12.6 Å². The van der Waals surface area contributed by atoms with E-state index in [0.717, 1.165) is 18.2 Å². The first-order chi connectivity index (χ1) is 10.2. The molecule has 0 bridgehead atoms. The van der Waals surface area contributed by atoms with E-state index in [1.54, 1.807) is 0 Å². The topological polar surface area (TPSA) is 39.9 Å². The van der Waals surface area contributed by atoms with E-state index in [9.17, 15) is 0 Å². The van der Waals surface area contributed by atoms with Crippen LogP contribution in [0.5, 0.6) is 0 Å². The number of hydrogen-bond acceptors (Lipinski definition) is 3. The molecule has 1 unspecified atom stereocenters. The third kappa shape index (κ3) is 7.60. The fourth-order valence-electron chi connectivity index (χ4n) is 2.47. The van der Waals surface area contributed by atoms with Crippen molar-refractivity contribution in [3.63, 3.8) is 0 Å². The highest BCUT2D eigenvalue weighted by molar-refractivity contribution is 4.90. The molecule has 0 aromatic carbocycles. The zero-order valence-electron chi connectivity index (χ0n) is 14.3. The van der Waals surface area contributed by atoms with E-state index < -0.39 is 0 Å². The predicted molar refractivity (Wildman–Crippen MR) is 87.2 cm³/mol. The molecular formula is C17H33N3O. The molecule has 122 valence electrons. The highest BCUT2D eigenvalue weighted by Crippen LogP contribution is 2.18. The Morgan fingerprint density at radius 3 is 2.57 bits per heavy atom. The monoisotopic (exact) mass is 295 g/mol. The Morgan fingerprint density at radius 1 is 1.14 bits per heavy atom. The summed E-state index contributed by atoms with van der Waals surface area (Å²) in [5.41, 5.74) is 0.930. The molecule has 1 rings (SSSR count). The quantitative estimate of drug-likeness (QED) is 0.522. The summed E-state index contributed by atoms with van der Waals surface area (Å²) < 4.78 is 7.63. The molecule has 21 heavy (non-hydrogen) atoms. The van der Waals surface area contributed by atoms with Gasteiger partial charge in [0.25, 0.3) is 0 Å². The van der Waals surface area contributed by atoms with Gasteiger partial charge < -0.3 is 4.74 Å². The molecule has 0 radical (unpaired) electrons. The Labute approximate surface area is 130 Å². The van der Waals surface area contributed by atoms with Crippen molar-refractivity contribution in [2.45, 2.75) is 85.3 Å². The summed E-state index contributed by atoms with van der Waals surface area (Å²) in [4.78, 5) is 0. The minimum atomic E-state index is 0.360. The molecular weight excluding hydrogens is 262 g/mol. The Morgan fingerprint density at radius 2 is 1.95 bits per heavy atom. The third-order valence-electron chi connectivity index (χ3n) is 4.05.